The molecule has 0 saturated carbocycles. The standard InChI is InChI=1S/C17H23N3S/c1-11(2)16-19-14(18)10-15(20-16)21-13-8-6-12(7-9-13)17(3,4)5/h6-11H,1-5H3,(H2,18,19,20). The average molecular weight is 301 g/mol. The predicted octanol–water partition coefficient (Wildman–Crippen LogP) is 4.63. The van der Waals surface area contributed by atoms with E-state index in [-0.39, 0.29) is 11.3 Å². The summed E-state index contributed by atoms with van der Waals surface area (Å²) in [5.74, 6) is 1.60. The number of benzene rings is 1. The molecule has 0 aliphatic heterocycles. The van der Waals surface area contributed by atoms with Crippen molar-refractivity contribution in [2.45, 2.75) is 55.9 Å². The molecule has 2 N–H and O–H groups in total. The molecule has 1 heterocycles. The van der Waals surface area contributed by atoms with Crippen molar-refractivity contribution in [2.24, 2.45) is 0 Å². The summed E-state index contributed by atoms with van der Waals surface area (Å²) >= 11 is 1.62. The van der Waals surface area contributed by atoms with Gasteiger partial charge in [-0.2, -0.15) is 0 Å². The van der Waals surface area contributed by atoms with Crippen LogP contribution in [0.5, 0.6) is 0 Å². The van der Waals surface area contributed by atoms with E-state index in [2.05, 4.69) is 68.9 Å². The first-order valence-corrected chi connectivity index (χ1v) is 8.00. The van der Waals surface area contributed by atoms with E-state index in [1.54, 1.807) is 11.8 Å². The Balaban J connectivity index is 2.22. The molecule has 0 saturated heterocycles. The topological polar surface area (TPSA) is 51.8 Å². The molecule has 4 heteroatoms. The maximum atomic E-state index is 5.87. The molecule has 0 atom stereocenters. The Kier molecular flexibility index (Phi) is 4.57. The first kappa shape index (κ1) is 15.8. The van der Waals surface area contributed by atoms with Gasteiger partial charge in [-0.15, -0.1) is 0 Å². The summed E-state index contributed by atoms with van der Waals surface area (Å²) in [7, 11) is 0. The van der Waals surface area contributed by atoms with Crippen molar-refractivity contribution in [3.8, 4) is 0 Å². The molecule has 0 unspecified atom stereocenters. The second-order valence-electron chi connectivity index (χ2n) is 6.52. The molecule has 112 valence electrons. The summed E-state index contributed by atoms with van der Waals surface area (Å²) in [4.78, 5) is 10.0. The lowest BCUT2D eigenvalue weighted by Gasteiger charge is -2.19. The lowest BCUT2D eigenvalue weighted by molar-refractivity contribution is 0.590. The van der Waals surface area contributed by atoms with Crippen LogP contribution in [-0.2, 0) is 5.41 Å². The van der Waals surface area contributed by atoms with Crippen LogP contribution >= 0.6 is 11.8 Å². The van der Waals surface area contributed by atoms with Crippen molar-refractivity contribution in [1.29, 1.82) is 0 Å². The minimum Gasteiger partial charge on any atom is -0.384 e. The van der Waals surface area contributed by atoms with Gasteiger partial charge in [0.1, 0.15) is 16.7 Å². The largest absolute Gasteiger partial charge is 0.384 e. The highest BCUT2D eigenvalue weighted by Gasteiger charge is 2.13. The maximum absolute atomic E-state index is 5.87. The first-order valence-electron chi connectivity index (χ1n) is 7.18. The Bertz CT molecular complexity index is 613. The normalized spacial score (nSPS) is 11.9. The summed E-state index contributed by atoms with van der Waals surface area (Å²) in [5.41, 5.74) is 7.37. The number of anilines is 1. The van der Waals surface area contributed by atoms with Crippen LogP contribution in [0.2, 0.25) is 0 Å². The Morgan fingerprint density at radius 3 is 2.19 bits per heavy atom. The van der Waals surface area contributed by atoms with Crippen LogP contribution < -0.4 is 5.73 Å². The van der Waals surface area contributed by atoms with E-state index in [0.29, 0.717) is 5.82 Å². The van der Waals surface area contributed by atoms with Crippen LogP contribution in [0.15, 0.2) is 40.3 Å². The van der Waals surface area contributed by atoms with Gasteiger partial charge in [-0.25, -0.2) is 9.97 Å². The Morgan fingerprint density at radius 1 is 1.05 bits per heavy atom. The van der Waals surface area contributed by atoms with Gasteiger partial charge < -0.3 is 5.73 Å². The lowest BCUT2D eigenvalue weighted by atomic mass is 9.87. The molecule has 2 aromatic rings. The molecular weight excluding hydrogens is 278 g/mol. The van der Waals surface area contributed by atoms with E-state index >= 15 is 0 Å². The Hall–Kier alpha value is -1.55. The van der Waals surface area contributed by atoms with Crippen LogP contribution in [0, 0.1) is 0 Å². The van der Waals surface area contributed by atoms with Crippen molar-refractivity contribution in [2.75, 3.05) is 5.73 Å². The third kappa shape index (κ3) is 4.21. The zero-order valence-corrected chi connectivity index (χ0v) is 14.2. The van der Waals surface area contributed by atoms with Crippen molar-refractivity contribution in [3.05, 3.63) is 41.7 Å². The van der Waals surface area contributed by atoms with Gasteiger partial charge in [-0.3, -0.25) is 0 Å². The van der Waals surface area contributed by atoms with Gasteiger partial charge in [0.2, 0.25) is 0 Å². The highest BCUT2D eigenvalue weighted by atomic mass is 32.2. The number of nitrogens with zero attached hydrogens (tertiary/aromatic N) is 2. The van der Waals surface area contributed by atoms with E-state index in [9.17, 15) is 0 Å². The van der Waals surface area contributed by atoms with Gasteiger partial charge in [0.15, 0.2) is 0 Å². The lowest BCUT2D eigenvalue weighted by Crippen LogP contribution is -2.10. The summed E-state index contributed by atoms with van der Waals surface area (Å²) in [6.45, 7) is 10.8. The molecule has 0 aliphatic rings. The predicted molar refractivity (Wildman–Crippen MR) is 89.8 cm³/mol. The van der Waals surface area contributed by atoms with Crippen LogP contribution in [0.4, 0.5) is 5.82 Å². The quantitative estimate of drug-likeness (QED) is 0.840. The number of aromatic nitrogens is 2. The highest BCUT2D eigenvalue weighted by Crippen LogP contribution is 2.30. The van der Waals surface area contributed by atoms with Crippen LogP contribution in [-0.4, -0.2) is 9.97 Å². The van der Waals surface area contributed by atoms with Gasteiger partial charge in [0, 0.05) is 16.9 Å². The minimum absolute atomic E-state index is 0.174. The second kappa shape index (κ2) is 6.06. The van der Waals surface area contributed by atoms with Crippen LogP contribution in [0.3, 0.4) is 0 Å². The van der Waals surface area contributed by atoms with Gasteiger partial charge in [0.25, 0.3) is 0 Å². The maximum Gasteiger partial charge on any atom is 0.134 e. The fraction of sp³-hybridized carbons (Fsp3) is 0.412. The third-order valence-corrected chi connectivity index (χ3v) is 4.13. The first-order chi connectivity index (χ1) is 9.75. The number of nitrogens with two attached hydrogens (primary N) is 1. The van der Waals surface area contributed by atoms with E-state index < -0.39 is 0 Å². The molecule has 3 nitrogen and oxygen atoms in total. The number of nitrogen functional groups attached to an aromatic ring is 1. The van der Waals surface area contributed by atoms with Crippen molar-refractivity contribution in [1.82, 2.24) is 9.97 Å². The zero-order chi connectivity index (χ0) is 15.6. The number of rotatable bonds is 3. The molecule has 21 heavy (non-hydrogen) atoms. The molecular formula is C17H23N3S. The number of hydrogen-bond donors (Lipinski definition) is 1. The van der Waals surface area contributed by atoms with E-state index in [1.165, 1.54) is 5.56 Å². The second-order valence-corrected chi connectivity index (χ2v) is 7.61. The van der Waals surface area contributed by atoms with Gasteiger partial charge >= 0.3 is 0 Å². The molecule has 0 fully saturated rings. The molecule has 0 bridgehead atoms. The fourth-order valence-corrected chi connectivity index (χ4v) is 2.75. The minimum atomic E-state index is 0.174. The average Bonchev–Trinajstić information content (AvgIpc) is 2.37. The van der Waals surface area contributed by atoms with Gasteiger partial charge in [-0.1, -0.05) is 58.5 Å². The Labute approximate surface area is 131 Å². The highest BCUT2D eigenvalue weighted by molar-refractivity contribution is 7.99. The molecule has 2 rings (SSSR count). The SMILES string of the molecule is CC(C)c1nc(N)cc(Sc2ccc(C(C)(C)C)cc2)n1. The fourth-order valence-electron chi connectivity index (χ4n) is 1.92. The summed E-state index contributed by atoms with van der Waals surface area (Å²) < 4.78 is 0. The van der Waals surface area contributed by atoms with Crippen LogP contribution in [0.25, 0.3) is 0 Å². The van der Waals surface area contributed by atoms with Crippen molar-refractivity contribution in [3.63, 3.8) is 0 Å². The smallest absolute Gasteiger partial charge is 0.134 e. The van der Waals surface area contributed by atoms with E-state index in [0.717, 1.165) is 15.7 Å². The van der Waals surface area contributed by atoms with Crippen molar-refractivity contribution >= 4 is 17.6 Å². The monoisotopic (exact) mass is 301 g/mol. The number of hydrogen-bond acceptors (Lipinski definition) is 4. The molecule has 0 radical (unpaired) electrons. The summed E-state index contributed by atoms with van der Waals surface area (Å²) in [6.07, 6.45) is 0. The summed E-state index contributed by atoms with van der Waals surface area (Å²) in [5, 5.41) is 0.898. The van der Waals surface area contributed by atoms with E-state index in [4.69, 9.17) is 5.73 Å². The molecule has 0 amide bonds. The van der Waals surface area contributed by atoms with Crippen LogP contribution in [0.1, 0.15) is 51.9 Å². The molecule has 1 aromatic heterocycles. The van der Waals surface area contributed by atoms with E-state index in [1.807, 2.05) is 6.07 Å². The molecule has 0 aliphatic carbocycles. The molecule has 1 aromatic carbocycles. The summed E-state index contributed by atoms with van der Waals surface area (Å²) in [6, 6.07) is 10.5. The van der Waals surface area contributed by atoms with Gasteiger partial charge in [-0.05, 0) is 23.1 Å². The zero-order valence-electron chi connectivity index (χ0n) is 13.3. The Morgan fingerprint density at radius 2 is 1.67 bits per heavy atom. The molecule has 0 spiro atoms. The van der Waals surface area contributed by atoms with Crippen molar-refractivity contribution < 1.29 is 0 Å². The van der Waals surface area contributed by atoms with Gasteiger partial charge in [0.05, 0.1) is 0 Å². The third-order valence-electron chi connectivity index (χ3n) is 3.20.